The molecule has 1 aliphatic carbocycles. The molecule has 2 N–H and O–H groups in total. The Morgan fingerprint density at radius 3 is 2.57 bits per heavy atom. The zero-order valence-corrected chi connectivity index (χ0v) is 17.4. The van der Waals surface area contributed by atoms with E-state index >= 15 is 0 Å². The number of aromatic nitrogens is 2. The molecule has 1 aromatic heterocycles. The Morgan fingerprint density at radius 2 is 1.83 bits per heavy atom. The average molecular weight is 434 g/mol. The molecule has 160 valence electrons. The first-order valence-corrected chi connectivity index (χ1v) is 10.6. The lowest BCUT2D eigenvalue weighted by atomic mass is 9.85. The van der Waals surface area contributed by atoms with E-state index in [1.54, 1.807) is 6.07 Å². The summed E-state index contributed by atoms with van der Waals surface area (Å²) in [5, 5.41) is 6.60. The average Bonchev–Trinajstić information content (AvgIpc) is 2.77. The molecular formula is C21H25ClFN5O2. The van der Waals surface area contributed by atoms with Crippen molar-refractivity contribution < 1.29 is 13.9 Å². The fourth-order valence-corrected chi connectivity index (χ4v) is 4.14. The minimum Gasteiger partial charge on any atom is -0.378 e. The van der Waals surface area contributed by atoms with Crippen molar-refractivity contribution in [2.45, 2.75) is 31.7 Å². The molecule has 0 atom stereocenters. The van der Waals surface area contributed by atoms with E-state index in [1.807, 2.05) is 11.0 Å². The summed E-state index contributed by atoms with van der Waals surface area (Å²) in [7, 11) is 0. The molecule has 2 fully saturated rings. The van der Waals surface area contributed by atoms with E-state index in [2.05, 4.69) is 20.6 Å². The predicted octanol–water partition coefficient (Wildman–Crippen LogP) is 3.84. The smallest absolute Gasteiger partial charge is 0.225 e. The minimum absolute atomic E-state index is 0.0517. The Morgan fingerprint density at radius 1 is 1.10 bits per heavy atom. The molecule has 2 heterocycles. The van der Waals surface area contributed by atoms with Crippen LogP contribution < -0.4 is 10.6 Å². The fraction of sp³-hybridized carbons (Fsp3) is 0.476. The largest absolute Gasteiger partial charge is 0.378 e. The van der Waals surface area contributed by atoms with E-state index in [0.29, 0.717) is 43.6 Å². The van der Waals surface area contributed by atoms with E-state index in [1.165, 1.54) is 18.5 Å². The Kier molecular flexibility index (Phi) is 6.64. The number of benzene rings is 1. The van der Waals surface area contributed by atoms with Gasteiger partial charge in [-0.25, -0.2) is 14.4 Å². The van der Waals surface area contributed by atoms with Crippen LogP contribution in [0.4, 0.5) is 21.7 Å². The van der Waals surface area contributed by atoms with Crippen LogP contribution in [0.1, 0.15) is 25.7 Å². The molecule has 9 heteroatoms. The Hall–Kier alpha value is -2.45. The first-order chi connectivity index (χ1) is 14.6. The molecular weight excluding hydrogens is 409 g/mol. The molecule has 0 unspecified atom stereocenters. The van der Waals surface area contributed by atoms with E-state index in [-0.39, 0.29) is 22.9 Å². The summed E-state index contributed by atoms with van der Waals surface area (Å²) in [6.07, 6.45) is 5.06. The molecule has 1 saturated carbocycles. The summed E-state index contributed by atoms with van der Waals surface area (Å²) in [6, 6.07) is 6.49. The number of hydrogen-bond acceptors (Lipinski definition) is 6. The number of nitrogens with zero attached hydrogens (tertiary/aromatic N) is 3. The number of hydrogen-bond donors (Lipinski definition) is 2. The number of rotatable bonds is 5. The first kappa shape index (κ1) is 20.8. The van der Waals surface area contributed by atoms with Crippen LogP contribution in [0, 0.1) is 11.7 Å². The number of halogens is 2. The molecule has 2 aliphatic rings. The third-order valence-corrected chi connectivity index (χ3v) is 5.90. The van der Waals surface area contributed by atoms with Gasteiger partial charge in [-0.2, -0.15) is 0 Å². The summed E-state index contributed by atoms with van der Waals surface area (Å²) in [4.78, 5) is 23.1. The highest BCUT2D eigenvalue weighted by Crippen LogP contribution is 2.29. The number of morpholine rings is 1. The van der Waals surface area contributed by atoms with Crippen LogP contribution in [0.25, 0.3) is 0 Å². The lowest BCUT2D eigenvalue weighted by molar-refractivity contribution is -0.140. The maximum atomic E-state index is 13.3. The number of ether oxygens (including phenoxy) is 1. The van der Waals surface area contributed by atoms with Gasteiger partial charge in [0.05, 0.1) is 18.2 Å². The van der Waals surface area contributed by atoms with E-state index in [9.17, 15) is 9.18 Å². The van der Waals surface area contributed by atoms with Gasteiger partial charge >= 0.3 is 0 Å². The molecule has 0 radical (unpaired) electrons. The highest BCUT2D eigenvalue weighted by Gasteiger charge is 2.30. The summed E-state index contributed by atoms with van der Waals surface area (Å²) >= 11 is 5.83. The zero-order valence-electron chi connectivity index (χ0n) is 16.6. The van der Waals surface area contributed by atoms with Gasteiger partial charge in [0.25, 0.3) is 0 Å². The van der Waals surface area contributed by atoms with Crippen LogP contribution in [0.2, 0.25) is 5.02 Å². The number of amides is 1. The van der Waals surface area contributed by atoms with Crippen molar-refractivity contribution in [1.29, 1.82) is 0 Å². The number of nitrogens with one attached hydrogen (secondary N) is 2. The van der Waals surface area contributed by atoms with Gasteiger partial charge < -0.3 is 20.3 Å². The van der Waals surface area contributed by atoms with Gasteiger partial charge in [-0.05, 0) is 43.9 Å². The lowest BCUT2D eigenvalue weighted by Crippen LogP contribution is -2.45. The second-order valence-electron chi connectivity index (χ2n) is 7.67. The summed E-state index contributed by atoms with van der Waals surface area (Å²) in [5.74, 6) is 1.21. The Labute approximate surface area is 180 Å². The van der Waals surface area contributed by atoms with Crippen LogP contribution >= 0.6 is 11.6 Å². The monoisotopic (exact) mass is 433 g/mol. The van der Waals surface area contributed by atoms with Crippen LogP contribution in [-0.2, 0) is 9.53 Å². The van der Waals surface area contributed by atoms with Crippen molar-refractivity contribution in [3.63, 3.8) is 0 Å². The zero-order chi connectivity index (χ0) is 20.9. The van der Waals surface area contributed by atoms with Crippen molar-refractivity contribution >= 4 is 34.8 Å². The highest BCUT2D eigenvalue weighted by molar-refractivity contribution is 6.31. The molecule has 7 nitrogen and oxygen atoms in total. The van der Waals surface area contributed by atoms with Crippen molar-refractivity contribution in [2.75, 3.05) is 36.9 Å². The number of anilines is 3. The lowest BCUT2D eigenvalue weighted by Gasteiger charge is -2.34. The standard InChI is InChI=1S/C21H25ClFN5O2/c22-17-11-16(5-6-18(17)23)27-20-12-19(24-13-25-20)26-15-3-1-14(2-4-15)21(29)28-7-9-30-10-8-28/h5-6,11-15H,1-4,7-10H2,(H2,24,25,26,27). The molecule has 0 bridgehead atoms. The van der Waals surface area contributed by atoms with Crippen LogP contribution in [0.15, 0.2) is 30.6 Å². The van der Waals surface area contributed by atoms with Gasteiger partial charge in [0.1, 0.15) is 23.8 Å². The molecule has 30 heavy (non-hydrogen) atoms. The molecule has 1 amide bonds. The maximum Gasteiger partial charge on any atom is 0.225 e. The molecule has 1 saturated heterocycles. The predicted molar refractivity (Wildman–Crippen MR) is 113 cm³/mol. The minimum atomic E-state index is -0.463. The molecule has 1 aromatic carbocycles. The quantitative estimate of drug-likeness (QED) is 0.745. The summed E-state index contributed by atoms with van der Waals surface area (Å²) in [6.45, 7) is 2.67. The van der Waals surface area contributed by atoms with Gasteiger partial charge in [-0.15, -0.1) is 0 Å². The molecule has 0 spiro atoms. The second-order valence-corrected chi connectivity index (χ2v) is 8.08. The highest BCUT2D eigenvalue weighted by atomic mass is 35.5. The molecule has 1 aliphatic heterocycles. The molecule has 2 aromatic rings. The van der Waals surface area contributed by atoms with Crippen LogP contribution in [0.5, 0.6) is 0 Å². The maximum absolute atomic E-state index is 13.3. The van der Waals surface area contributed by atoms with Crippen molar-refractivity contribution in [1.82, 2.24) is 14.9 Å². The topological polar surface area (TPSA) is 79.4 Å². The van der Waals surface area contributed by atoms with Gasteiger partial charge in [0.2, 0.25) is 5.91 Å². The van der Waals surface area contributed by atoms with Gasteiger partial charge in [0.15, 0.2) is 0 Å². The van der Waals surface area contributed by atoms with E-state index < -0.39 is 5.82 Å². The first-order valence-electron chi connectivity index (χ1n) is 10.3. The Balaban J connectivity index is 1.30. The molecule has 4 rings (SSSR count). The summed E-state index contributed by atoms with van der Waals surface area (Å²) < 4.78 is 18.7. The third-order valence-electron chi connectivity index (χ3n) is 5.61. The summed E-state index contributed by atoms with van der Waals surface area (Å²) in [5.41, 5.74) is 0.646. The normalized spacial score (nSPS) is 21.9. The van der Waals surface area contributed by atoms with Crippen LogP contribution in [-0.4, -0.2) is 53.1 Å². The van der Waals surface area contributed by atoms with Crippen molar-refractivity contribution in [3.8, 4) is 0 Å². The number of carbonyl (C=O) groups is 1. The Bertz CT molecular complexity index is 885. The van der Waals surface area contributed by atoms with Crippen molar-refractivity contribution in [3.05, 3.63) is 41.4 Å². The van der Waals surface area contributed by atoms with E-state index in [0.717, 1.165) is 25.7 Å². The van der Waals surface area contributed by atoms with Gasteiger partial charge in [-0.1, -0.05) is 11.6 Å². The SMILES string of the molecule is O=C(C1CCC(Nc2cc(Nc3ccc(F)c(Cl)c3)ncn2)CC1)N1CCOCC1. The van der Waals surface area contributed by atoms with Crippen LogP contribution in [0.3, 0.4) is 0 Å². The fourth-order valence-electron chi connectivity index (χ4n) is 3.96. The van der Waals surface area contributed by atoms with Gasteiger partial charge in [-0.3, -0.25) is 4.79 Å². The van der Waals surface area contributed by atoms with Crippen molar-refractivity contribution in [2.24, 2.45) is 5.92 Å². The third kappa shape index (κ3) is 5.17. The van der Waals surface area contributed by atoms with Gasteiger partial charge in [0, 0.05) is 36.8 Å². The second kappa shape index (κ2) is 9.57. The number of carbonyl (C=O) groups excluding carboxylic acids is 1. The van der Waals surface area contributed by atoms with E-state index in [4.69, 9.17) is 16.3 Å².